The molecule has 2 aromatic rings. The molecule has 1 N–H and O–H groups in total. The molecule has 0 amide bonds. The van der Waals surface area contributed by atoms with Gasteiger partial charge in [0, 0.05) is 17.1 Å². The number of anilines is 1. The Morgan fingerprint density at radius 3 is 2.94 bits per heavy atom. The van der Waals surface area contributed by atoms with Crippen LogP contribution in [-0.2, 0) is 6.54 Å². The molecule has 1 fully saturated rings. The SMILES string of the molecule is Cc1cn(C2CC2)c(NCc2scnc2C)n1. The van der Waals surface area contributed by atoms with Crippen LogP contribution < -0.4 is 5.32 Å². The summed E-state index contributed by atoms with van der Waals surface area (Å²) in [6, 6.07) is 0.668. The standard InChI is InChI=1S/C12H16N4S/c1-8-6-16(10-3-4-10)12(15-8)13-5-11-9(2)14-7-17-11/h6-7,10H,3-5H2,1-2H3,(H,13,15). The largest absolute Gasteiger partial charge is 0.351 e. The zero-order valence-corrected chi connectivity index (χ0v) is 10.9. The quantitative estimate of drug-likeness (QED) is 0.904. The molecule has 0 bridgehead atoms. The minimum absolute atomic E-state index is 0.668. The highest BCUT2D eigenvalue weighted by molar-refractivity contribution is 7.09. The van der Waals surface area contributed by atoms with E-state index in [1.807, 2.05) is 19.4 Å². The number of imidazole rings is 1. The second kappa shape index (κ2) is 4.14. The summed E-state index contributed by atoms with van der Waals surface area (Å²) in [7, 11) is 0. The molecule has 5 heteroatoms. The van der Waals surface area contributed by atoms with Gasteiger partial charge in [0.25, 0.3) is 0 Å². The fourth-order valence-corrected chi connectivity index (χ4v) is 2.65. The molecular formula is C12H16N4S. The van der Waals surface area contributed by atoms with E-state index >= 15 is 0 Å². The smallest absolute Gasteiger partial charge is 0.203 e. The van der Waals surface area contributed by atoms with E-state index < -0.39 is 0 Å². The maximum atomic E-state index is 4.54. The molecule has 0 spiro atoms. The Morgan fingerprint density at radius 2 is 2.29 bits per heavy atom. The van der Waals surface area contributed by atoms with Crippen molar-refractivity contribution in [3.63, 3.8) is 0 Å². The first-order valence-electron chi connectivity index (χ1n) is 5.92. The molecule has 2 heterocycles. The van der Waals surface area contributed by atoms with Gasteiger partial charge in [-0.1, -0.05) is 0 Å². The third-order valence-electron chi connectivity index (χ3n) is 3.04. The summed E-state index contributed by atoms with van der Waals surface area (Å²) < 4.78 is 2.27. The first kappa shape index (κ1) is 10.8. The highest BCUT2D eigenvalue weighted by Gasteiger charge is 2.26. The summed E-state index contributed by atoms with van der Waals surface area (Å²) in [4.78, 5) is 10.1. The van der Waals surface area contributed by atoms with Crippen molar-refractivity contribution < 1.29 is 0 Å². The lowest BCUT2D eigenvalue weighted by Gasteiger charge is -2.07. The van der Waals surface area contributed by atoms with Crippen LogP contribution in [0.2, 0.25) is 0 Å². The lowest BCUT2D eigenvalue weighted by molar-refractivity contribution is 0.743. The average molecular weight is 248 g/mol. The van der Waals surface area contributed by atoms with Crippen LogP contribution in [0, 0.1) is 13.8 Å². The first-order chi connectivity index (χ1) is 8.24. The summed E-state index contributed by atoms with van der Waals surface area (Å²) in [6.07, 6.45) is 4.70. The van der Waals surface area contributed by atoms with E-state index in [1.165, 1.54) is 17.7 Å². The summed E-state index contributed by atoms with van der Waals surface area (Å²) >= 11 is 1.69. The van der Waals surface area contributed by atoms with Crippen molar-refractivity contribution in [2.24, 2.45) is 0 Å². The number of rotatable bonds is 4. The van der Waals surface area contributed by atoms with Crippen molar-refractivity contribution >= 4 is 17.3 Å². The Kier molecular flexibility index (Phi) is 2.63. The van der Waals surface area contributed by atoms with Gasteiger partial charge in [-0.25, -0.2) is 9.97 Å². The fourth-order valence-electron chi connectivity index (χ4n) is 1.93. The van der Waals surface area contributed by atoms with Crippen LogP contribution in [0.4, 0.5) is 5.95 Å². The van der Waals surface area contributed by atoms with Crippen LogP contribution in [0.5, 0.6) is 0 Å². The molecule has 1 aliphatic carbocycles. The zero-order valence-electron chi connectivity index (χ0n) is 10.1. The molecule has 0 radical (unpaired) electrons. The Hall–Kier alpha value is -1.36. The van der Waals surface area contributed by atoms with Crippen LogP contribution in [-0.4, -0.2) is 14.5 Å². The van der Waals surface area contributed by atoms with Crippen LogP contribution >= 0.6 is 11.3 Å². The lowest BCUT2D eigenvalue weighted by Crippen LogP contribution is -2.06. The number of aryl methyl sites for hydroxylation is 2. The predicted octanol–water partition coefficient (Wildman–Crippen LogP) is 2.90. The van der Waals surface area contributed by atoms with Gasteiger partial charge in [0.05, 0.1) is 23.4 Å². The van der Waals surface area contributed by atoms with E-state index in [9.17, 15) is 0 Å². The third kappa shape index (κ3) is 2.20. The Balaban J connectivity index is 1.74. The molecule has 0 atom stereocenters. The van der Waals surface area contributed by atoms with E-state index in [1.54, 1.807) is 11.3 Å². The van der Waals surface area contributed by atoms with Crippen LogP contribution in [0.1, 0.15) is 35.1 Å². The fraction of sp³-hybridized carbons (Fsp3) is 0.500. The minimum atomic E-state index is 0.668. The van der Waals surface area contributed by atoms with Gasteiger partial charge >= 0.3 is 0 Å². The number of thiazole rings is 1. The number of aromatic nitrogens is 3. The monoisotopic (exact) mass is 248 g/mol. The molecule has 0 aliphatic heterocycles. The average Bonchev–Trinajstić information content (AvgIpc) is 2.97. The molecule has 0 unspecified atom stereocenters. The normalized spacial score (nSPS) is 15.2. The van der Waals surface area contributed by atoms with Crippen LogP contribution in [0.15, 0.2) is 11.7 Å². The number of hydrogen-bond acceptors (Lipinski definition) is 4. The minimum Gasteiger partial charge on any atom is -0.351 e. The van der Waals surface area contributed by atoms with Crippen molar-refractivity contribution in [3.05, 3.63) is 28.0 Å². The molecule has 2 aromatic heterocycles. The van der Waals surface area contributed by atoms with Gasteiger partial charge in [-0.15, -0.1) is 11.3 Å². The predicted molar refractivity (Wildman–Crippen MR) is 69.4 cm³/mol. The summed E-state index contributed by atoms with van der Waals surface area (Å²) in [5.74, 6) is 0.998. The molecule has 1 aliphatic rings. The highest BCUT2D eigenvalue weighted by atomic mass is 32.1. The van der Waals surface area contributed by atoms with Crippen molar-refractivity contribution in [1.29, 1.82) is 0 Å². The van der Waals surface area contributed by atoms with Crippen molar-refractivity contribution in [2.75, 3.05) is 5.32 Å². The molecule has 17 heavy (non-hydrogen) atoms. The first-order valence-corrected chi connectivity index (χ1v) is 6.80. The van der Waals surface area contributed by atoms with Crippen molar-refractivity contribution in [3.8, 4) is 0 Å². The van der Waals surface area contributed by atoms with Gasteiger partial charge in [0.1, 0.15) is 0 Å². The number of nitrogens with zero attached hydrogens (tertiary/aromatic N) is 3. The van der Waals surface area contributed by atoms with Crippen LogP contribution in [0.25, 0.3) is 0 Å². The number of nitrogens with one attached hydrogen (secondary N) is 1. The maximum Gasteiger partial charge on any atom is 0.203 e. The summed E-state index contributed by atoms with van der Waals surface area (Å²) in [5.41, 5.74) is 4.09. The molecular weight excluding hydrogens is 232 g/mol. The van der Waals surface area contributed by atoms with Gasteiger partial charge in [-0.2, -0.15) is 0 Å². The summed E-state index contributed by atoms with van der Waals surface area (Å²) in [6.45, 7) is 4.91. The second-order valence-corrected chi connectivity index (χ2v) is 5.50. The van der Waals surface area contributed by atoms with Crippen LogP contribution in [0.3, 0.4) is 0 Å². The van der Waals surface area contributed by atoms with E-state index in [4.69, 9.17) is 0 Å². The van der Waals surface area contributed by atoms with Gasteiger partial charge < -0.3 is 9.88 Å². The lowest BCUT2D eigenvalue weighted by atomic mass is 10.4. The number of hydrogen-bond donors (Lipinski definition) is 1. The van der Waals surface area contributed by atoms with Gasteiger partial charge in [0.15, 0.2) is 0 Å². The van der Waals surface area contributed by atoms with Gasteiger partial charge in [0.2, 0.25) is 5.95 Å². The maximum absolute atomic E-state index is 4.54. The Labute approximate surface area is 105 Å². The molecule has 1 saturated carbocycles. The van der Waals surface area contributed by atoms with E-state index in [-0.39, 0.29) is 0 Å². The van der Waals surface area contributed by atoms with E-state index in [0.29, 0.717) is 6.04 Å². The molecule has 90 valence electrons. The second-order valence-electron chi connectivity index (χ2n) is 4.56. The van der Waals surface area contributed by atoms with Crippen molar-refractivity contribution in [1.82, 2.24) is 14.5 Å². The molecule has 3 rings (SSSR count). The third-order valence-corrected chi connectivity index (χ3v) is 3.98. The van der Waals surface area contributed by atoms with E-state index in [0.717, 1.165) is 23.9 Å². The van der Waals surface area contributed by atoms with Gasteiger partial charge in [-0.3, -0.25) is 0 Å². The molecule has 4 nitrogen and oxygen atoms in total. The molecule has 0 saturated heterocycles. The van der Waals surface area contributed by atoms with Crippen molar-refractivity contribution in [2.45, 2.75) is 39.3 Å². The van der Waals surface area contributed by atoms with Gasteiger partial charge in [-0.05, 0) is 26.7 Å². The van der Waals surface area contributed by atoms with E-state index in [2.05, 4.69) is 26.0 Å². The topological polar surface area (TPSA) is 42.7 Å². The Morgan fingerprint density at radius 1 is 1.47 bits per heavy atom. The highest BCUT2D eigenvalue weighted by Crippen LogP contribution is 2.37. The molecule has 0 aromatic carbocycles. The zero-order chi connectivity index (χ0) is 11.8. The Bertz CT molecular complexity index is 524. The summed E-state index contributed by atoms with van der Waals surface area (Å²) in [5, 5.41) is 3.42.